The van der Waals surface area contributed by atoms with Gasteiger partial charge in [-0.2, -0.15) is 0 Å². The van der Waals surface area contributed by atoms with E-state index < -0.39 is 0 Å². The molecule has 0 aromatic rings. The molecule has 0 aliphatic carbocycles. The molecule has 17 heavy (non-hydrogen) atoms. The molecule has 1 aliphatic heterocycles. The van der Waals surface area contributed by atoms with Gasteiger partial charge in [-0.3, -0.25) is 4.90 Å². The quantitative estimate of drug-likeness (QED) is 0.750. The van der Waals surface area contributed by atoms with Crippen molar-refractivity contribution in [3.63, 3.8) is 0 Å². The summed E-state index contributed by atoms with van der Waals surface area (Å²) in [6.45, 7) is 7.04. The Morgan fingerprint density at radius 2 is 2.06 bits per heavy atom. The fourth-order valence-electron chi connectivity index (χ4n) is 2.36. The lowest BCUT2D eigenvalue weighted by molar-refractivity contribution is 0.00522. The second kappa shape index (κ2) is 6.14. The fourth-order valence-corrected chi connectivity index (χ4v) is 2.36. The van der Waals surface area contributed by atoms with Gasteiger partial charge in [0.15, 0.2) is 0 Å². The Morgan fingerprint density at radius 3 is 2.59 bits per heavy atom. The molecule has 0 aromatic carbocycles. The topological polar surface area (TPSA) is 35.9 Å². The number of aliphatic hydroxyl groups is 1. The first kappa shape index (κ1) is 14.9. The molecule has 1 saturated heterocycles. The Balaban J connectivity index is 2.44. The summed E-state index contributed by atoms with van der Waals surface area (Å²) in [7, 11) is 5.93. The monoisotopic (exact) mass is 244 g/mol. The summed E-state index contributed by atoms with van der Waals surface area (Å²) >= 11 is 0. The first-order chi connectivity index (χ1) is 7.84. The molecular formula is C13H28N2O2. The Kier molecular flexibility index (Phi) is 5.38. The minimum absolute atomic E-state index is 0.0732. The van der Waals surface area contributed by atoms with Gasteiger partial charge in [0.25, 0.3) is 0 Å². The van der Waals surface area contributed by atoms with Crippen molar-refractivity contribution in [3.05, 3.63) is 0 Å². The molecule has 0 amide bonds. The standard InChI is InChI=1S/C13H28N2O2/c1-13(2,17-5)6-7-15-10-12(16)8-11(15)9-14(3)4/h11-12,16H,6-10H2,1-5H3. The van der Waals surface area contributed by atoms with Crippen molar-refractivity contribution in [3.8, 4) is 0 Å². The zero-order chi connectivity index (χ0) is 13.1. The van der Waals surface area contributed by atoms with Crippen LogP contribution in [-0.2, 0) is 4.74 Å². The maximum absolute atomic E-state index is 9.78. The summed E-state index contributed by atoms with van der Waals surface area (Å²) in [5.41, 5.74) is -0.0732. The third-order valence-corrected chi connectivity index (χ3v) is 3.64. The number of nitrogens with zero attached hydrogens (tertiary/aromatic N) is 2. The molecule has 4 heteroatoms. The molecule has 0 radical (unpaired) electrons. The van der Waals surface area contributed by atoms with Gasteiger partial charge in [0.2, 0.25) is 0 Å². The van der Waals surface area contributed by atoms with Crippen LogP contribution < -0.4 is 0 Å². The van der Waals surface area contributed by atoms with Crippen LogP contribution in [0.5, 0.6) is 0 Å². The van der Waals surface area contributed by atoms with Gasteiger partial charge < -0.3 is 14.7 Å². The summed E-state index contributed by atoms with van der Waals surface area (Å²) in [5.74, 6) is 0. The molecular weight excluding hydrogens is 216 g/mol. The van der Waals surface area contributed by atoms with Crippen molar-refractivity contribution >= 4 is 0 Å². The molecule has 4 nitrogen and oxygen atoms in total. The first-order valence-electron chi connectivity index (χ1n) is 6.46. The van der Waals surface area contributed by atoms with Gasteiger partial charge in [0.1, 0.15) is 0 Å². The van der Waals surface area contributed by atoms with Gasteiger partial charge in [-0.25, -0.2) is 0 Å². The van der Waals surface area contributed by atoms with E-state index >= 15 is 0 Å². The highest BCUT2D eigenvalue weighted by Gasteiger charge is 2.32. The molecule has 1 aliphatic rings. The second-order valence-corrected chi connectivity index (χ2v) is 6.01. The third-order valence-electron chi connectivity index (χ3n) is 3.64. The summed E-state index contributed by atoms with van der Waals surface area (Å²) < 4.78 is 5.44. The zero-order valence-corrected chi connectivity index (χ0v) is 11.9. The van der Waals surface area contributed by atoms with Crippen molar-refractivity contribution in [2.45, 2.75) is 44.4 Å². The van der Waals surface area contributed by atoms with Crippen LogP contribution in [0.1, 0.15) is 26.7 Å². The van der Waals surface area contributed by atoms with Crippen LogP contribution in [-0.4, -0.2) is 73.5 Å². The lowest BCUT2D eigenvalue weighted by Gasteiger charge is -2.30. The van der Waals surface area contributed by atoms with Gasteiger partial charge >= 0.3 is 0 Å². The number of rotatable bonds is 6. The van der Waals surface area contributed by atoms with Crippen LogP contribution in [0.15, 0.2) is 0 Å². The maximum atomic E-state index is 9.78. The van der Waals surface area contributed by atoms with Gasteiger partial charge in [-0.05, 0) is 40.8 Å². The van der Waals surface area contributed by atoms with Crippen LogP contribution >= 0.6 is 0 Å². The Hall–Kier alpha value is -0.160. The highest BCUT2D eigenvalue weighted by molar-refractivity contribution is 4.87. The molecule has 0 saturated carbocycles. The van der Waals surface area contributed by atoms with Crippen LogP contribution in [0, 0.1) is 0 Å². The number of β-amino-alcohol motifs (C(OH)–C–C–N with tert-alkyl or cyclic N) is 1. The summed E-state index contributed by atoms with van der Waals surface area (Å²) in [4.78, 5) is 4.59. The summed E-state index contributed by atoms with van der Waals surface area (Å²) in [6, 6.07) is 0.479. The number of ether oxygens (including phenoxy) is 1. The largest absolute Gasteiger partial charge is 0.392 e. The number of likely N-dealkylation sites (tertiary alicyclic amines) is 1. The minimum atomic E-state index is -0.161. The predicted octanol–water partition coefficient (Wildman–Crippen LogP) is 0.798. The fraction of sp³-hybridized carbons (Fsp3) is 1.00. The van der Waals surface area contributed by atoms with E-state index in [-0.39, 0.29) is 11.7 Å². The molecule has 2 unspecified atom stereocenters. The lowest BCUT2D eigenvalue weighted by atomic mass is 10.0. The van der Waals surface area contributed by atoms with E-state index in [4.69, 9.17) is 4.74 Å². The zero-order valence-electron chi connectivity index (χ0n) is 11.9. The number of likely N-dealkylation sites (N-methyl/N-ethyl adjacent to an activating group) is 1. The Morgan fingerprint density at radius 1 is 1.41 bits per heavy atom. The van der Waals surface area contributed by atoms with Crippen molar-refractivity contribution in [2.75, 3.05) is 40.8 Å². The second-order valence-electron chi connectivity index (χ2n) is 6.01. The van der Waals surface area contributed by atoms with Crippen molar-refractivity contribution in [1.82, 2.24) is 9.80 Å². The van der Waals surface area contributed by atoms with E-state index in [1.54, 1.807) is 7.11 Å². The number of methoxy groups -OCH3 is 1. The number of hydrogen-bond donors (Lipinski definition) is 1. The molecule has 1 N–H and O–H groups in total. The summed E-state index contributed by atoms with van der Waals surface area (Å²) in [6.07, 6.45) is 1.73. The van der Waals surface area contributed by atoms with Gasteiger partial charge in [0.05, 0.1) is 11.7 Å². The van der Waals surface area contributed by atoms with Crippen LogP contribution in [0.25, 0.3) is 0 Å². The highest BCUT2D eigenvalue weighted by atomic mass is 16.5. The Bertz CT molecular complexity index is 231. The van der Waals surface area contributed by atoms with Crippen LogP contribution in [0.4, 0.5) is 0 Å². The maximum Gasteiger partial charge on any atom is 0.0682 e. The molecule has 0 bridgehead atoms. The molecule has 2 atom stereocenters. The SMILES string of the molecule is COC(C)(C)CCN1CC(O)CC1CN(C)C. The highest BCUT2D eigenvalue weighted by Crippen LogP contribution is 2.21. The lowest BCUT2D eigenvalue weighted by Crippen LogP contribution is -2.40. The predicted molar refractivity (Wildman–Crippen MR) is 70.2 cm³/mol. The van der Waals surface area contributed by atoms with E-state index in [9.17, 15) is 5.11 Å². The molecule has 1 rings (SSSR count). The van der Waals surface area contributed by atoms with Gasteiger partial charge in [-0.1, -0.05) is 0 Å². The van der Waals surface area contributed by atoms with Crippen LogP contribution in [0.2, 0.25) is 0 Å². The number of aliphatic hydroxyl groups excluding tert-OH is 1. The normalized spacial score (nSPS) is 27.0. The molecule has 1 heterocycles. The van der Waals surface area contributed by atoms with E-state index in [1.807, 2.05) is 0 Å². The van der Waals surface area contributed by atoms with Gasteiger partial charge in [0, 0.05) is 32.8 Å². The summed E-state index contributed by atoms with van der Waals surface area (Å²) in [5, 5.41) is 9.78. The van der Waals surface area contributed by atoms with Crippen molar-refractivity contribution < 1.29 is 9.84 Å². The van der Waals surface area contributed by atoms with E-state index in [0.717, 1.165) is 32.5 Å². The molecule has 1 fully saturated rings. The van der Waals surface area contributed by atoms with Crippen molar-refractivity contribution in [1.29, 1.82) is 0 Å². The smallest absolute Gasteiger partial charge is 0.0682 e. The Labute approximate surface area is 106 Å². The average Bonchev–Trinajstić information content (AvgIpc) is 2.55. The minimum Gasteiger partial charge on any atom is -0.392 e. The van der Waals surface area contributed by atoms with E-state index in [1.165, 1.54) is 0 Å². The van der Waals surface area contributed by atoms with Gasteiger partial charge in [-0.15, -0.1) is 0 Å². The van der Waals surface area contributed by atoms with Crippen LogP contribution in [0.3, 0.4) is 0 Å². The molecule has 102 valence electrons. The molecule has 0 spiro atoms. The van der Waals surface area contributed by atoms with E-state index in [2.05, 4.69) is 37.7 Å². The average molecular weight is 244 g/mol. The molecule has 0 aromatic heterocycles. The first-order valence-corrected chi connectivity index (χ1v) is 6.46. The number of hydrogen-bond acceptors (Lipinski definition) is 4. The third kappa shape index (κ3) is 4.92. The van der Waals surface area contributed by atoms with E-state index in [0.29, 0.717) is 6.04 Å². The van der Waals surface area contributed by atoms with Crippen molar-refractivity contribution in [2.24, 2.45) is 0 Å².